The number of rotatable bonds is 3. The summed E-state index contributed by atoms with van der Waals surface area (Å²) in [6.45, 7) is 8.05. The second kappa shape index (κ2) is 5.61. The van der Waals surface area contributed by atoms with Crippen LogP contribution in [-0.2, 0) is 6.54 Å². The summed E-state index contributed by atoms with van der Waals surface area (Å²) in [5, 5.41) is 0. The molecule has 0 spiro atoms. The molecule has 0 aliphatic carbocycles. The van der Waals surface area contributed by atoms with Gasteiger partial charge in [-0.05, 0) is 36.0 Å². The van der Waals surface area contributed by atoms with Gasteiger partial charge in [0.2, 0.25) is 0 Å². The molecule has 3 nitrogen and oxygen atoms in total. The molecule has 1 aromatic carbocycles. The van der Waals surface area contributed by atoms with Crippen molar-refractivity contribution in [2.75, 3.05) is 25.9 Å². The van der Waals surface area contributed by atoms with Crippen LogP contribution in [-0.4, -0.2) is 25.1 Å². The average molecular weight is 248 g/mol. The van der Waals surface area contributed by atoms with Gasteiger partial charge in [-0.25, -0.2) is 0 Å². The summed E-state index contributed by atoms with van der Waals surface area (Å²) in [4.78, 5) is 2.53. The molecular formula is C15H24N2O. The Balaban J connectivity index is 2.02. The number of methoxy groups -OCH3 is 1. The molecule has 2 rings (SSSR count). The maximum Gasteiger partial charge on any atom is 0.141 e. The van der Waals surface area contributed by atoms with Crippen LogP contribution in [0.25, 0.3) is 0 Å². The van der Waals surface area contributed by atoms with E-state index < -0.39 is 0 Å². The fraction of sp³-hybridized carbons (Fsp3) is 0.600. The summed E-state index contributed by atoms with van der Waals surface area (Å²) in [7, 11) is 1.65. The van der Waals surface area contributed by atoms with Crippen LogP contribution in [0.3, 0.4) is 0 Å². The maximum atomic E-state index is 5.95. The van der Waals surface area contributed by atoms with Crippen molar-refractivity contribution in [3.8, 4) is 5.75 Å². The van der Waals surface area contributed by atoms with E-state index in [1.54, 1.807) is 7.11 Å². The number of piperidine rings is 1. The van der Waals surface area contributed by atoms with E-state index in [1.165, 1.54) is 25.1 Å². The first-order valence-corrected chi connectivity index (χ1v) is 6.73. The van der Waals surface area contributed by atoms with Gasteiger partial charge in [-0.2, -0.15) is 0 Å². The van der Waals surface area contributed by atoms with Gasteiger partial charge in [0.05, 0.1) is 12.8 Å². The monoisotopic (exact) mass is 248 g/mol. The summed E-state index contributed by atoms with van der Waals surface area (Å²) in [5.41, 5.74) is 7.95. The predicted octanol–water partition coefficient (Wildman–Crippen LogP) is 2.76. The van der Waals surface area contributed by atoms with E-state index in [-0.39, 0.29) is 0 Å². The highest BCUT2D eigenvalue weighted by atomic mass is 16.5. The zero-order chi connectivity index (χ0) is 13.1. The van der Waals surface area contributed by atoms with Crippen LogP contribution in [0.4, 0.5) is 5.69 Å². The number of likely N-dealkylation sites (tertiary alicyclic amines) is 1. The van der Waals surface area contributed by atoms with Crippen LogP contribution in [0.15, 0.2) is 18.2 Å². The number of nitrogen functional groups attached to an aromatic ring is 1. The zero-order valence-corrected chi connectivity index (χ0v) is 11.6. The molecule has 2 atom stereocenters. The van der Waals surface area contributed by atoms with E-state index in [4.69, 9.17) is 10.5 Å². The number of nitrogens with two attached hydrogens (primary N) is 1. The van der Waals surface area contributed by atoms with Gasteiger partial charge in [0.15, 0.2) is 0 Å². The Morgan fingerprint density at radius 1 is 1.28 bits per heavy atom. The summed E-state index contributed by atoms with van der Waals surface area (Å²) in [5.74, 6) is 2.35. The third kappa shape index (κ3) is 3.16. The molecule has 1 fully saturated rings. The zero-order valence-electron chi connectivity index (χ0n) is 11.6. The molecule has 0 saturated carbocycles. The Bertz CT molecular complexity index is 395. The number of nitrogens with zero attached hydrogens (tertiary/aromatic N) is 1. The SMILES string of the molecule is COc1ccc(CN2CC(C)CC(C)C2)cc1N. The number of benzene rings is 1. The number of hydrogen-bond donors (Lipinski definition) is 1. The predicted molar refractivity (Wildman–Crippen MR) is 75.6 cm³/mol. The van der Waals surface area contributed by atoms with E-state index in [0.717, 1.165) is 29.8 Å². The van der Waals surface area contributed by atoms with Crippen LogP contribution < -0.4 is 10.5 Å². The van der Waals surface area contributed by atoms with Crippen molar-refractivity contribution >= 4 is 5.69 Å². The first-order chi connectivity index (χ1) is 8.58. The van der Waals surface area contributed by atoms with Crippen molar-refractivity contribution in [2.24, 2.45) is 11.8 Å². The van der Waals surface area contributed by atoms with Gasteiger partial charge in [-0.15, -0.1) is 0 Å². The normalized spacial score (nSPS) is 25.1. The van der Waals surface area contributed by atoms with Gasteiger partial charge >= 0.3 is 0 Å². The lowest BCUT2D eigenvalue weighted by molar-refractivity contribution is 0.134. The van der Waals surface area contributed by atoms with Gasteiger partial charge in [-0.1, -0.05) is 19.9 Å². The first-order valence-electron chi connectivity index (χ1n) is 6.73. The number of anilines is 1. The number of ether oxygens (including phenoxy) is 1. The fourth-order valence-electron chi connectivity index (χ4n) is 3.06. The number of hydrogen-bond acceptors (Lipinski definition) is 3. The molecule has 1 aliphatic rings. The minimum absolute atomic E-state index is 0.730. The minimum atomic E-state index is 0.730. The van der Waals surface area contributed by atoms with E-state index in [0.29, 0.717) is 0 Å². The Hall–Kier alpha value is -1.22. The van der Waals surface area contributed by atoms with Crippen molar-refractivity contribution in [3.05, 3.63) is 23.8 Å². The minimum Gasteiger partial charge on any atom is -0.495 e. The molecule has 0 radical (unpaired) electrons. The molecule has 1 aromatic rings. The lowest BCUT2D eigenvalue weighted by atomic mass is 9.91. The smallest absolute Gasteiger partial charge is 0.141 e. The van der Waals surface area contributed by atoms with Crippen LogP contribution in [0.5, 0.6) is 5.75 Å². The topological polar surface area (TPSA) is 38.5 Å². The second-order valence-corrected chi connectivity index (χ2v) is 5.72. The lowest BCUT2D eigenvalue weighted by Crippen LogP contribution is -2.38. The highest BCUT2D eigenvalue weighted by Gasteiger charge is 2.21. The van der Waals surface area contributed by atoms with Gasteiger partial charge < -0.3 is 10.5 Å². The van der Waals surface area contributed by atoms with Crippen molar-refractivity contribution in [1.82, 2.24) is 4.90 Å². The Morgan fingerprint density at radius 2 is 1.94 bits per heavy atom. The van der Waals surface area contributed by atoms with E-state index in [1.807, 2.05) is 12.1 Å². The molecule has 3 heteroatoms. The molecule has 1 heterocycles. The Kier molecular flexibility index (Phi) is 4.12. The molecule has 0 aromatic heterocycles. The van der Waals surface area contributed by atoms with E-state index in [2.05, 4.69) is 24.8 Å². The molecule has 0 bridgehead atoms. The third-order valence-corrected chi connectivity index (χ3v) is 3.64. The molecular weight excluding hydrogens is 224 g/mol. The standard InChI is InChI=1S/C15H24N2O/c1-11-6-12(2)9-17(8-11)10-13-4-5-15(18-3)14(16)7-13/h4-5,7,11-12H,6,8-10,16H2,1-3H3. The highest BCUT2D eigenvalue weighted by molar-refractivity contribution is 5.54. The maximum absolute atomic E-state index is 5.95. The van der Waals surface area contributed by atoms with Gasteiger partial charge in [-0.3, -0.25) is 4.90 Å². The molecule has 0 amide bonds. The molecule has 100 valence electrons. The van der Waals surface area contributed by atoms with Gasteiger partial charge in [0.25, 0.3) is 0 Å². The van der Waals surface area contributed by atoms with E-state index in [9.17, 15) is 0 Å². The Labute approximate surface area is 110 Å². The molecule has 2 N–H and O–H groups in total. The second-order valence-electron chi connectivity index (χ2n) is 5.72. The molecule has 2 unspecified atom stereocenters. The summed E-state index contributed by atoms with van der Waals surface area (Å²) in [6, 6.07) is 6.10. The highest BCUT2D eigenvalue weighted by Crippen LogP contribution is 2.25. The largest absolute Gasteiger partial charge is 0.495 e. The third-order valence-electron chi connectivity index (χ3n) is 3.64. The quantitative estimate of drug-likeness (QED) is 0.836. The average Bonchev–Trinajstić information content (AvgIpc) is 2.27. The Morgan fingerprint density at radius 3 is 2.50 bits per heavy atom. The summed E-state index contributed by atoms with van der Waals surface area (Å²) in [6.07, 6.45) is 1.35. The molecule has 18 heavy (non-hydrogen) atoms. The van der Waals surface area contributed by atoms with Crippen molar-refractivity contribution < 1.29 is 4.74 Å². The van der Waals surface area contributed by atoms with E-state index >= 15 is 0 Å². The van der Waals surface area contributed by atoms with Crippen molar-refractivity contribution in [2.45, 2.75) is 26.8 Å². The van der Waals surface area contributed by atoms with Gasteiger partial charge in [0, 0.05) is 19.6 Å². The molecule has 1 aliphatic heterocycles. The first kappa shape index (κ1) is 13.2. The van der Waals surface area contributed by atoms with Crippen LogP contribution in [0, 0.1) is 11.8 Å². The summed E-state index contributed by atoms with van der Waals surface area (Å²) < 4.78 is 5.19. The van der Waals surface area contributed by atoms with Crippen LogP contribution in [0.1, 0.15) is 25.8 Å². The lowest BCUT2D eigenvalue weighted by Gasteiger charge is -2.35. The van der Waals surface area contributed by atoms with Crippen LogP contribution in [0.2, 0.25) is 0 Å². The fourth-order valence-corrected chi connectivity index (χ4v) is 3.06. The summed E-state index contributed by atoms with van der Waals surface area (Å²) >= 11 is 0. The molecule has 1 saturated heterocycles. The van der Waals surface area contributed by atoms with Gasteiger partial charge in [0.1, 0.15) is 5.75 Å². The van der Waals surface area contributed by atoms with Crippen molar-refractivity contribution in [1.29, 1.82) is 0 Å². The van der Waals surface area contributed by atoms with Crippen LogP contribution >= 0.6 is 0 Å². The van der Waals surface area contributed by atoms with Crippen molar-refractivity contribution in [3.63, 3.8) is 0 Å².